The monoisotopic (exact) mass is 264 g/mol. The van der Waals surface area contributed by atoms with Crippen molar-refractivity contribution in [1.29, 1.82) is 0 Å². The molecule has 0 saturated heterocycles. The maximum Gasteiger partial charge on any atom is 0.317 e. The molecule has 2 aromatic rings. The summed E-state index contributed by atoms with van der Waals surface area (Å²) in [6, 6.07) is 6.97. The third kappa shape index (κ3) is 2.53. The molecule has 0 spiro atoms. The predicted octanol–water partition coefficient (Wildman–Crippen LogP) is 1.88. The Labute approximate surface area is 107 Å². The van der Waals surface area contributed by atoms with Crippen LogP contribution in [0.3, 0.4) is 0 Å². The molecule has 1 aromatic heterocycles. The minimum absolute atomic E-state index is 0.247. The van der Waals surface area contributed by atoms with Gasteiger partial charge in [0.2, 0.25) is 0 Å². The summed E-state index contributed by atoms with van der Waals surface area (Å²) >= 11 is 1.06. The summed E-state index contributed by atoms with van der Waals surface area (Å²) in [5.74, 6) is -0.904. The molecule has 0 saturated carbocycles. The fraction of sp³-hybridized carbons (Fsp3) is 0.250. The van der Waals surface area contributed by atoms with Crippen molar-refractivity contribution in [3.8, 4) is 0 Å². The average Bonchev–Trinajstić information content (AvgIpc) is 2.35. The summed E-state index contributed by atoms with van der Waals surface area (Å²) in [6.45, 7) is 1.78. The van der Waals surface area contributed by atoms with E-state index in [1.165, 1.54) is 0 Å². The number of carbonyl (C=O) groups is 1. The average molecular weight is 264 g/mol. The van der Waals surface area contributed by atoms with Crippen molar-refractivity contribution in [3.05, 3.63) is 34.6 Å². The van der Waals surface area contributed by atoms with E-state index in [0.29, 0.717) is 22.5 Å². The van der Waals surface area contributed by atoms with Crippen LogP contribution in [0.4, 0.5) is 0 Å². The smallest absolute Gasteiger partial charge is 0.317 e. The fourth-order valence-corrected chi connectivity index (χ4v) is 2.40. The van der Waals surface area contributed by atoms with E-state index in [4.69, 9.17) is 5.11 Å². The van der Waals surface area contributed by atoms with Gasteiger partial charge in [-0.2, -0.15) is 0 Å². The third-order valence-electron chi connectivity index (χ3n) is 2.49. The fourth-order valence-electron chi connectivity index (χ4n) is 1.56. The van der Waals surface area contributed by atoms with Gasteiger partial charge < -0.3 is 10.1 Å². The summed E-state index contributed by atoms with van der Waals surface area (Å²) in [7, 11) is 0. The molecule has 0 aliphatic rings. The first-order chi connectivity index (χ1) is 8.61. The quantitative estimate of drug-likeness (QED) is 0.650. The summed E-state index contributed by atoms with van der Waals surface area (Å²) in [5.41, 5.74) is 0.326. The van der Waals surface area contributed by atoms with E-state index in [1.54, 1.807) is 31.2 Å². The van der Waals surface area contributed by atoms with Gasteiger partial charge in [-0.25, -0.2) is 4.98 Å². The van der Waals surface area contributed by atoms with Crippen LogP contribution >= 0.6 is 11.8 Å². The zero-order valence-corrected chi connectivity index (χ0v) is 10.5. The van der Waals surface area contributed by atoms with Crippen molar-refractivity contribution in [1.82, 2.24) is 9.97 Å². The molecule has 0 aliphatic carbocycles. The number of nitrogens with zero attached hydrogens (tertiary/aromatic N) is 1. The van der Waals surface area contributed by atoms with Crippen LogP contribution < -0.4 is 5.56 Å². The molecule has 0 amide bonds. The van der Waals surface area contributed by atoms with Gasteiger partial charge in [-0.05, 0) is 18.6 Å². The first kappa shape index (κ1) is 12.6. The molecule has 2 N–H and O–H groups in total. The zero-order valence-electron chi connectivity index (χ0n) is 9.71. The van der Waals surface area contributed by atoms with E-state index in [-0.39, 0.29) is 5.56 Å². The number of fused-ring (bicyclic) bond motifs is 1. The highest BCUT2D eigenvalue weighted by molar-refractivity contribution is 8.00. The second-order valence-corrected chi connectivity index (χ2v) is 4.93. The molecule has 1 atom stereocenters. The second-order valence-electron chi connectivity index (χ2n) is 3.74. The largest absolute Gasteiger partial charge is 0.480 e. The zero-order chi connectivity index (χ0) is 13.1. The third-order valence-corrected chi connectivity index (χ3v) is 3.73. The van der Waals surface area contributed by atoms with Gasteiger partial charge in [0.05, 0.1) is 10.9 Å². The Balaban J connectivity index is 2.41. The number of rotatable bonds is 4. The normalized spacial score (nSPS) is 12.5. The Morgan fingerprint density at radius 2 is 2.22 bits per heavy atom. The number of para-hydroxylation sites is 1. The van der Waals surface area contributed by atoms with Crippen molar-refractivity contribution in [3.63, 3.8) is 0 Å². The Hall–Kier alpha value is -1.82. The van der Waals surface area contributed by atoms with Crippen molar-refractivity contribution in [2.45, 2.75) is 23.8 Å². The Bertz CT molecular complexity index is 639. The molecule has 1 aromatic carbocycles. The van der Waals surface area contributed by atoms with E-state index in [2.05, 4.69) is 9.97 Å². The van der Waals surface area contributed by atoms with Crippen LogP contribution in [0.5, 0.6) is 0 Å². The number of hydrogen-bond donors (Lipinski definition) is 2. The lowest BCUT2D eigenvalue weighted by Gasteiger charge is -2.08. The van der Waals surface area contributed by atoms with Crippen LogP contribution in [0.15, 0.2) is 34.2 Å². The molecule has 6 heteroatoms. The van der Waals surface area contributed by atoms with Crippen molar-refractivity contribution in [2.75, 3.05) is 0 Å². The lowest BCUT2D eigenvalue weighted by Crippen LogP contribution is -2.17. The number of nitrogens with one attached hydrogen (secondary N) is 1. The number of carboxylic acids is 1. The lowest BCUT2D eigenvalue weighted by atomic mass is 10.2. The van der Waals surface area contributed by atoms with Crippen molar-refractivity contribution >= 4 is 28.6 Å². The molecule has 1 heterocycles. The molecule has 5 nitrogen and oxygen atoms in total. The summed E-state index contributed by atoms with van der Waals surface area (Å²) in [6.07, 6.45) is 0.469. The summed E-state index contributed by atoms with van der Waals surface area (Å²) < 4.78 is 0. The van der Waals surface area contributed by atoms with Crippen LogP contribution in [0, 0.1) is 0 Å². The maximum atomic E-state index is 11.8. The van der Waals surface area contributed by atoms with Gasteiger partial charge in [-0.3, -0.25) is 9.59 Å². The van der Waals surface area contributed by atoms with Crippen LogP contribution in [0.1, 0.15) is 13.3 Å². The van der Waals surface area contributed by atoms with Crippen molar-refractivity contribution < 1.29 is 9.90 Å². The van der Waals surface area contributed by atoms with Crippen molar-refractivity contribution in [2.24, 2.45) is 0 Å². The first-order valence-electron chi connectivity index (χ1n) is 5.50. The number of thioether (sulfide) groups is 1. The van der Waals surface area contributed by atoms with E-state index >= 15 is 0 Å². The van der Waals surface area contributed by atoms with Crippen LogP contribution in [0.25, 0.3) is 10.9 Å². The highest BCUT2D eigenvalue weighted by atomic mass is 32.2. The Kier molecular flexibility index (Phi) is 3.66. The minimum atomic E-state index is -0.904. The number of benzene rings is 1. The SMILES string of the molecule is CC[C@@H](Sc1nc2ccccc2c(=O)[nH]1)C(=O)O. The number of aromatic nitrogens is 2. The molecule has 0 unspecified atom stereocenters. The highest BCUT2D eigenvalue weighted by Gasteiger charge is 2.18. The Morgan fingerprint density at radius 3 is 2.89 bits per heavy atom. The number of aliphatic carboxylic acids is 1. The first-order valence-corrected chi connectivity index (χ1v) is 6.38. The molecule has 94 valence electrons. The molecule has 0 radical (unpaired) electrons. The molecular formula is C12H12N2O3S. The highest BCUT2D eigenvalue weighted by Crippen LogP contribution is 2.22. The Morgan fingerprint density at radius 1 is 1.50 bits per heavy atom. The summed E-state index contributed by atoms with van der Waals surface area (Å²) in [4.78, 5) is 29.6. The molecule has 2 rings (SSSR count). The van der Waals surface area contributed by atoms with Gasteiger partial charge in [0.15, 0.2) is 5.16 Å². The van der Waals surface area contributed by atoms with E-state index in [9.17, 15) is 9.59 Å². The number of H-pyrrole nitrogens is 1. The van der Waals surface area contributed by atoms with Gasteiger partial charge in [-0.1, -0.05) is 30.8 Å². The van der Waals surface area contributed by atoms with E-state index in [1.807, 2.05) is 0 Å². The maximum absolute atomic E-state index is 11.8. The van der Waals surface area contributed by atoms with Gasteiger partial charge in [0, 0.05) is 0 Å². The van der Waals surface area contributed by atoms with Gasteiger partial charge in [0.1, 0.15) is 5.25 Å². The standard InChI is InChI=1S/C12H12N2O3S/c1-2-9(11(16)17)18-12-13-8-6-4-3-5-7(8)10(15)14-12/h3-6,9H,2H2,1H3,(H,16,17)(H,13,14,15)/t9-/m1/s1. The second kappa shape index (κ2) is 5.22. The number of aromatic amines is 1. The molecule has 0 fully saturated rings. The van der Waals surface area contributed by atoms with Crippen LogP contribution in [-0.4, -0.2) is 26.3 Å². The molecular weight excluding hydrogens is 252 g/mol. The molecule has 18 heavy (non-hydrogen) atoms. The van der Waals surface area contributed by atoms with E-state index < -0.39 is 11.2 Å². The van der Waals surface area contributed by atoms with Gasteiger partial charge >= 0.3 is 5.97 Å². The molecule has 0 bridgehead atoms. The summed E-state index contributed by atoms with van der Waals surface area (Å²) in [5, 5.41) is 9.22. The number of hydrogen-bond acceptors (Lipinski definition) is 4. The predicted molar refractivity (Wildman–Crippen MR) is 69.9 cm³/mol. The van der Waals surface area contributed by atoms with Gasteiger partial charge in [-0.15, -0.1) is 0 Å². The topological polar surface area (TPSA) is 83.0 Å². The number of carboxylic acid groups (broad SMARTS) is 1. The minimum Gasteiger partial charge on any atom is -0.480 e. The van der Waals surface area contributed by atoms with Gasteiger partial charge in [0.25, 0.3) is 5.56 Å². The molecule has 0 aliphatic heterocycles. The lowest BCUT2D eigenvalue weighted by molar-refractivity contribution is -0.136. The van der Waals surface area contributed by atoms with Crippen LogP contribution in [-0.2, 0) is 4.79 Å². The van der Waals surface area contributed by atoms with Crippen LogP contribution in [0.2, 0.25) is 0 Å². The van der Waals surface area contributed by atoms with E-state index in [0.717, 1.165) is 11.8 Å².